The lowest BCUT2D eigenvalue weighted by Crippen LogP contribution is -2.34. The number of aryl methyl sites for hydroxylation is 1. The predicted octanol–water partition coefficient (Wildman–Crippen LogP) is -1.02. The number of anilines is 1. The number of aromatic nitrogens is 2. The highest BCUT2D eigenvalue weighted by Crippen LogP contribution is 2.31. The number of ether oxygens (including phenoxy) is 1. The lowest BCUT2D eigenvalue weighted by molar-refractivity contribution is -0.0491. The molecule has 1 aliphatic rings. The van der Waals surface area contributed by atoms with Crippen molar-refractivity contribution in [2.24, 2.45) is 0 Å². The minimum Gasteiger partial charge on any atom is -0.394 e. The Morgan fingerprint density at radius 2 is 2.32 bits per heavy atom. The van der Waals surface area contributed by atoms with Crippen LogP contribution in [-0.2, 0) is 11.2 Å². The molecule has 0 aliphatic carbocycles. The third-order valence-electron chi connectivity index (χ3n) is 3.19. The quantitative estimate of drug-likeness (QED) is 0.650. The van der Waals surface area contributed by atoms with E-state index in [9.17, 15) is 14.3 Å². The van der Waals surface area contributed by atoms with Crippen molar-refractivity contribution >= 4 is 5.82 Å². The minimum absolute atomic E-state index is 0.0939. The van der Waals surface area contributed by atoms with Crippen molar-refractivity contribution in [2.45, 2.75) is 38.0 Å². The average molecular weight is 273 g/mol. The minimum atomic E-state index is -1.81. The van der Waals surface area contributed by atoms with Crippen molar-refractivity contribution in [3.63, 3.8) is 0 Å². The van der Waals surface area contributed by atoms with E-state index in [1.54, 1.807) is 0 Å². The van der Waals surface area contributed by atoms with E-state index in [4.69, 9.17) is 15.6 Å². The number of rotatable bonds is 3. The van der Waals surface area contributed by atoms with Gasteiger partial charge < -0.3 is 20.7 Å². The van der Waals surface area contributed by atoms with Crippen molar-refractivity contribution in [2.75, 3.05) is 12.3 Å². The molecule has 0 radical (unpaired) electrons. The summed E-state index contributed by atoms with van der Waals surface area (Å²) in [5.41, 5.74) is 5.39. The molecule has 1 aromatic rings. The smallest absolute Gasteiger partial charge is 0.351 e. The molecule has 2 rings (SSSR count). The van der Waals surface area contributed by atoms with Crippen LogP contribution in [0.5, 0.6) is 0 Å². The Balaban J connectivity index is 2.40. The van der Waals surface area contributed by atoms with Gasteiger partial charge in [0, 0.05) is 11.8 Å². The normalized spacial score (nSPS) is 30.7. The Hall–Kier alpha value is -1.51. The molecule has 1 fully saturated rings. The Morgan fingerprint density at radius 3 is 2.84 bits per heavy atom. The van der Waals surface area contributed by atoms with Gasteiger partial charge in [-0.3, -0.25) is 4.57 Å². The van der Waals surface area contributed by atoms with Crippen molar-refractivity contribution in [3.8, 4) is 0 Å². The van der Waals surface area contributed by atoms with Gasteiger partial charge in [-0.2, -0.15) is 4.98 Å². The first kappa shape index (κ1) is 13.9. The van der Waals surface area contributed by atoms with Gasteiger partial charge in [0.1, 0.15) is 18.0 Å². The topological polar surface area (TPSA) is 111 Å². The first-order chi connectivity index (χ1) is 8.99. The van der Waals surface area contributed by atoms with Crippen molar-refractivity contribution in [1.29, 1.82) is 0 Å². The Labute approximate surface area is 108 Å². The third-order valence-corrected chi connectivity index (χ3v) is 3.19. The summed E-state index contributed by atoms with van der Waals surface area (Å²) < 4.78 is 20.0. The molecule has 19 heavy (non-hydrogen) atoms. The number of halogens is 1. The van der Waals surface area contributed by atoms with Crippen molar-refractivity contribution in [1.82, 2.24) is 9.55 Å². The van der Waals surface area contributed by atoms with Gasteiger partial charge in [0.2, 0.25) is 0 Å². The van der Waals surface area contributed by atoms with E-state index in [0.717, 1.165) is 4.57 Å². The Kier molecular flexibility index (Phi) is 3.83. The molecule has 2 heterocycles. The highest BCUT2D eigenvalue weighted by molar-refractivity contribution is 5.36. The van der Waals surface area contributed by atoms with E-state index in [1.807, 2.05) is 6.92 Å². The SMILES string of the molecule is CCc1cn([C@@H]2O[C@H](CO)[C@@H](O)[C@H]2F)c(=O)nc1N. The number of hydrogen-bond acceptors (Lipinski definition) is 6. The van der Waals surface area contributed by atoms with Crippen LogP contribution < -0.4 is 11.4 Å². The zero-order valence-electron chi connectivity index (χ0n) is 10.4. The summed E-state index contributed by atoms with van der Waals surface area (Å²) in [7, 11) is 0. The maximum absolute atomic E-state index is 13.9. The molecule has 0 unspecified atom stereocenters. The summed E-state index contributed by atoms with van der Waals surface area (Å²) >= 11 is 0. The summed E-state index contributed by atoms with van der Waals surface area (Å²) in [6.45, 7) is 1.28. The van der Waals surface area contributed by atoms with Crippen LogP contribution in [0.4, 0.5) is 10.2 Å². The monoisotopic (exact) mass is 273 g/mol. The van der Waals surface area contributed by atoms with Crippen LogP contribution in [0.2, 0.25) is 0 Å². The van der Waals surface area contributed by atoms with Crippen molar-refractivity contribution in [3.05, 3.63) is 22.2 Å². The van der Waals surface area contributed by atoms with Crippen LogP contribution in [0.1, 0.15) is 18.7 Å². The van der Waals surface area contributed by atoms with Gasteiger partial charge in [0.05, 0.1) is 6.61 Å². The van der Waals surface area contributed by atoms with Crippen molar-refractivity contribution < 1.29 is 19.3 Å². The van der Waals surface area contributed by atoms with Gasteiger partial charge >= 0.3 is 5.69 Å². The second-order valence-electron chi connectivity index (χ2n) is 4.38. The van der Waals surface area contributed by atoms with Crippen LogP contribution in [-0.4, -0.2) is 44.8 Å². The van der Waals surface area contributed by atoms with E-state index in [0.29, 0.717) is 12.0 Å². The molecule has 4 N–H and O–H groups in total. The van der Waals surface area contributed by atoms with E-state index in [-0.39, 0.29) is 5.82 Å². The van der Waals surface area contributed by atoms with E-state index in [2.05, 4.69) is 4.98 Å². The van der Waals surface area contributed by atoms with Crippen LogP contribution in [0.25, 0.3) is 0 Å². The van der Waals surface area contributed by atoms with Crippen LogP contribution >= 0.6 is 0 Å². The average Bonchev–Trinajstić information content (AvgIpc) is 2.67. The van der Waals surface area contributed by atoms with Gasteiger partial charge in [-0.05, 0) is 6.42 Å². The maximum atomic E-state index is 13.9. The zero-order chi connectivity index (χ0) is 14.2. The molecule has 1 aliphatic heterocycles. The molecular formula is C11H16FN3O4. The number of nitrogen functional groups attached to an aromatic ring is 1. The van der Waals surface area contributed by atoms with E-state index < -0.39 is 36.9 Å². The van der Waals surface area contributed by atoms with Gasteiger partial charge in [0.25, 0.3) is 0 Å². The first-order valence-electron chi connectivity index (χ1n) is 5.95. The maximum Gasteiger partial charge on any atom is 0.351 e. The first-order valence-corrected chi connectivity index (χ1v) is 5.95. The Bertz CT molecular complexity index is 521. The number of nitrogens with two attached hydrogens (primary N) is 1. The van der Waals surface area contributed by atoms with Gasteiger partial charge in [-0.1, -0.05) is 6.92 Å². The third kappa shape index (κ3) is 2.34. The van der Waals surface area contributed by atoms with E-state index in [1.165, 1.54) is 6.20 Å². The number of aliphatic hydroxyl groups excluding tert-OH is 2. The molecular weight excluding hydrogens is 257 g/mol. The summed E-state index contributed by atoms with van der Waals surface area (Å²) in [6.07, 6.45) is -3.77. The summed E-state index contributed by atoms with van der Waals surface area (Å²) in [5.74, 6) is 0.0939. The fraction of sp³-hybridized carbons (Fsp3) is 0.636. The fourth-order valence-corrected chi connectivity index (χ4v) is 2.05. The zero-order valence-corrected chi connectivity index (χ0v) is 10.4. The number of aliphatic hydroxyl groups is 2. The summed E-state index contributed by atoms with van der Waals surface area (Å²) in [4.78, 5) is 15.3. The van der Waals surface area contributed by atoms with Crippen LogP contribution in [0, 0.1) is 0 Å². The molecule has 0 amide bonds. The Morgan fingerprint density at radius 1 is 1.63 bits per heavy atom. The van der Waals surface area contributed by atoms with Crippen LogP contribution in [0.3, 0.4) is 0 Å². The second kappa shape index (κ2) is 5.24. The second-order valence-corrected chi connectivity index (χ2v) is 4.38. The molecule has 1 saturated heterocycles. The molecule has 0 bridgehead atoms. The number of nitrogens with zero attached hydrogens (tertiary/aromatic N) is 2. The highest BCUT2D eigenvalue weighted by atomic mass is 19.1. The lowest BCUT2D eigenvalue weighted by atomic mass is 10.1. The molecule has 0 saturated carbocycles. The summed E-state index contributed by atoms with van der Waals surface area (Å²) in [5, 5.41) is 18.5. The standard InChI is InChI=1S/C11H16FN3O4/c1-2-5-3-15(11(18)14-9(5)13)10-7(12)8(17)6(4-16)19-10/h3,6-8,10,16-17H,2,4H2,1H3,(H2,13,14,18)/t6-,7-,8-,10-/m1/s1. The fourth-order valence-electron chi connectivity index (χ4n) is 2.05. The summed E-state index contributed by atoms with van der Waals surface area (Å²) in [6, 6.07) is 0. The molecule has 0 spiro atoms. The van der Waals surface area contributed by atoms with Gasteiger partial charge in [-0.15, -0.1) is 0 Å². The molecule has 1 aromatic heterocycles. The highest BCUT2D eigenvalue weighted by Gasteiger charge is 2.45. The number of alkyl halides is 1. The number of hydrogen-bond donors (Lipinski definition) is 3. The largest absolute Gasteiger partial charge is 0.394 e. The van der Waals surface area contributed by atoms with Gasteiger partial charge in [0.15, 0.2) is 12.4 Å². The van der Waals surface area contributed by atoms with Crippen LogP contribution in [0.15, 0.2) is 11.0 Å². The molecule has 4 atom stereocenters. The van der Waals surface area contributed by atoms with E-state index >= 15 is 0 Å². The molecule has 0 aromatic carbocycles. The lowest BCUT2D eigenvalue weighted by Gasteiger charge is -2.17. The molecule has 8 heteroatoms. The van der Waals surface area contributed by atoms with Gasteiger partial charge in [-0.25, -0.2) is 9.18 Å². The predicted molar refractivity (Wildman–Crippen MR) is 64.2 cm³/mol. The molecule has 106 valence electrons. The molecule has 7 nitrogen and oxygen atoms in total.